The Balaban J connectivity index is 1.71. The van der Waals surface area contributed by atoms with Gasteiger partial charge in [0.05, 0.1) is 0 Å². The molecule has 6 nitrogen and oxygen atoms in total. The quantitative estimate of drug-likeness (QED) is 0.778. The van der Waals surface area contributed by atoms with Crippen LogP contribution in [0, 0.1) is 0 Å². The molecule has 0 spiro atoms. The zero-order chi connectivity index (χ0) is 15.6. The maximum atomic E-state index is 11.6. The van der Waals surface area contributed by atoms with Gasteiger partial charge < -0.3 is 10.6 Å². The summed E-state index contributed by atoms with van der Waals surface area (Å²) < 4.78 is 0. The molecule has 112 valence electrons. The zero-order valence-corrected chi connectivity index (χ0v) is 11.9. The molecule has 2 amide bonds. The van der Waals surface area contributed by atoms with E-state index in [-0.39, 0.29) is 11.8 Å². The van der Waals surface area contributed by atoms with Gasteiger partial charge in [0.15, 0.2) is 0 Å². The van der Waals surface area contributed by atoms with Crippen LogP contribution in [0.15, 0.2) is 61.2 Å². The molecule has 0 unspecified atom stereocenters. The zero-order valence-electron chi connectivity index (χ0n) is 11.9. The molecule has 0 aliphatic heterocycles. The molecule has 2 heterocycles. The lowest BCUT2D eigenvalue weighted by molar-refractivity contribution is -0.118. The van der Waals surface area contributed by atoms with E-state index in [9.17, 15) is 9.59 Å². The normalized spacial score (nSPS) is 10.4. The lowest BCUT2D eigenvalue weighted by atomic mass is 10.3. The summed E-state index contributed by atoms with van der Waals surface area (Å²) in [5.74, 6) is -0.666. The second-order valence-electron chi connectivity index (χ2n) is 4.49. The third-order valence-corrected chi connectivity index (χ3v) is 2.77. The number of hydrogen-bond donors (Lipinski definition) is 2. The van der Waals surface area contributed by atoms with Gasteiger partial charge in [0, 0.05) is 50.0 Å². The third kappa shape index (κ3) is 5.54. The first-order chi connectivity index (χ1) is 10.7. The standard InChI is InChI=1S/C16H16N4O2/c21-15(19-11-13-3-1-7-17-9-13)5-6-16(22)20-12-14-4-2-8-18-10-14/h1-10H,11-12H2,(H,19,21)(H,20,22)/b6-5+. The number of amides is 2. The van der Waals surface area contributed by atoms with Crippen molar-refractivity contribution in [1.82, 2.24) is 20.6 Å². The van der Waals surface area contributed by atoms with E-state index in [1.54, 1.807) is 36.9 Å². The Morgan fingerprint density at radius 2 is 1.32 bits per heavy atom. The molecule has 0 aliphatic rings. The molecule has 0 aromatic carbocycles. The highest BCUT2D eigenvalue weighted by Crippen LogP contribution is 1.95. The molecule has 0 fully saturated rings. The first kappa shape index (κ1) is 15.4. The minimum absolute atomic E-state index is 0.333. The predicted octanol–water partition coefficient (Wildman–Crippen LogP) is 0.965. The van der Waals surface area contributed by atoms with Crippen LogP contribution in [0.5, 0.6) is 0 Å². The van der Waals surface area contributed by atoms with Gasteiger partial charge >= 0.3 is 0 Å². The molecule has 2 N–H and O–H groups in total. The van der Waals surface area contributed by atoms with Crippen molar-refractivity contribution in [1.29, 1.82) is 0 Å². The summed E-state index contributed by atoms with van der Waals surface area (Å²) in [6.45, 7) is 0.739. The molecule has 22 heavy (non-hydrogen) atoms. The Morgan fingerprint density at radius 3 is 1.68 bits per heavy atom. The molecular formula is C16H16N4O2. The van der Waals surface area contributed by atoms with Crippen LogP contribution in [-0.2, 0) is 22.7 Å². The average molecular weight is 296 g/mol. The fourth-order valence-corrected chi connectivity index (χ4v) is 1.65. The largest absolute Gasteiger partial charge is 0.348 e. The third-order valence-electron chi connectivity index (χ3n) is 2.77. The lowest BCUT2D eigenvalue weighted by Crippen LogP contribution is -2.23. The van der Waals surface area contributed by atoms with Gasteiger partial charge in [-0.3, -0.25) is 19.6 Å². The number of carbonyl (C=O) groups excluding carboxylic acids is 2. The Labute approximate surface area is 128 Å². The summed E-state index contributed by atoms with van der Waals surface area (Å²) >= 11 is 0. The van der Waals surface area contributed by atoms with E-state index in [4.69, 9.17) is 0 Å². The Hall–Kier alpha value is -3.02. The van der Waals surface area contributed by atoms with Gasteiger partial charge in [0.2, 0.25) is 11.8 Å². The smallest absolute Gasteiger partial charge is 0.244 e. The van der Waals surface area contributed by atoms with Crippen LogP contribution < -0.4 is 10.6 Å². The molecule has 0 saturated heterocycles. The minimum Gasteiger partial charge on any atom is -0.348 e. The van der Waals surface area contributed by atoms with Crippen LogP contribution in [0.1, 0.15) is 11.1 Å². The van der Waals surface area contributed by atoms with Crippen molar-refractivity contribution in [2.24, 2.45) is 0 Å². The fourth-order valence-electron chi connectivity index (χ4n) is 1.65. The van der Waals surface area contributed by atoms with Gasteiger partial charge in [-0.05, 0) is 23.3 Å². The van der Waals surface area contributed by atoms with Crippen LogP contribution in [0.2, 0.25) is 0 Å². The van der Waals surface area contributed by atoms with E-state index >= 15 is 0 Å². The molecule has 0 aliphatic carbocycles. The van der Waals surface area contributed by atoms with E-state index < -0.39 is 0 Å². The summed E-state index contributed by atoms with van der Waals surface area (Å²) in [4.78, 5) is 31.1. The molecule has 2 aromatic heterocycles. The summed E-state index contributed by atoms with van der Waals surface area (Å²) in [6, 6.07) is 7.31. The number of nitrogens with one attached hydrogen (secondary N) is 2. The fraction of sp³-hybridized carbons (Fsp3) is 0.125. The van der Waals surface area contributed by atoms with E-state index in [2.05, 4.69) is 20.6 Å². The van der Waals surface area contributed by atoms with Crippen molar-refractivity contribution >= 4 is 11.8 Å². The van der Waals surface area contributed by atoms with Gasteiger partial charge in [0.25, 0.3) is 0 Å². The van der Waals surface area contributed by atoms with Gasteiger partial charge in [-0.15, -0.1) is 0 Å². The Morgan fingerprint density at radius 1 is 0.864 bits per heavy atom. The molecule has 6 heteroatoms. The minimum atomic E-state index is -0.333. The van der Waals surface area contributed by atoms with Crippen LogP contribution >= 0.6 is 0 Å². The maximum Gasteiger partial charge on any atom is 0.244 e. The highest BCUT2D eigenvalue weighted by molar-refractivity contribution is 5.96. The van der Waals surface area contributed by atoms with Gasteiger partial charge in [0.1, 0.15) is 0 Å². The van der Waals surface area contributed by atoms with Gasteiger partial charge in [-0.25, -0.2) is 0 Å². The molecule has 0 bridgehead atoms. The van der Waals surface area contributed by atoms with Crippen LogP contribution in [-0.4, -0.2) is 21.8 Å². The summed E-state index contributed by atoms with van der Waals surface area (Å²) in [6.07, 6.45) is 9.08. The highest BCUT2D eigenvalue weighted by atomic mass is 16.2. The summed E-state index contributed by atoms with van der Waals surface area (Å²) in [5, 5.41) is 5.34. The molecular weight excluding hydrogens is 280 g/mol. The van der Waals surface area contributed by atoms with Crippen LogP contribution in [0.4, 0.5) is 0 Å². The topological polar surface area (TPSA) is 84.0 Å². The molecule has 0 saturated carbocycles. The van der Waals surface area contributed by atoms with Crippen molar-refractivity contribution in [3.63, 3.8) is 0 Å². The van der Waals surface area contributed by atoms with E-state index in [0.29, 0.717) is 13.1 Å². The summed E-state index contributed by atoms with van der Waals surface area (Å²) in [7, 11) is 0. The molecule has 0 atom stereocenters. The Bertz CT molecular complexity index is 584. The predicted molar refractivity (Wildman–Crippen MR) is 81.3 cm³/mol. The van der Waals surface area contributed by atoms with Crippen LogP contribution in [0.25, 0.3) is 0 Å². The maximum absolute atomic E-state index is 11.6. The number of nitrogens with zero attached hydrogens (tertiary/aromatic N) is 2. The van der Waals surface area contributed by atoms with E-state index in [0.717, 1.165) is 11.1 Å². The van der Waals surface area contributed by atoms with Crippen molar-refractivity contribution in [3.05, 3.63) is 72.3 Å². The first-order valence-electron chi connectivity index (χ1n) is 6.75. The molecule has 2 aromatic rings. The van der Waals surface area contributed by atoms with Crippen molar-refractivity contribution in [2.75, 3.05) is 0 Å². The van der Waals surface area contributed by atoms with Crippen molar-refractivity contribution in [2.45, 2.75) is 13.1 Å². The van der Waals surface area contributed by atoms with Gasteiger partial charge in [-0.1, -0.05) is 12.1 Å². The second kappa shape index (κ2) is 8.31. The molecule has 0 radical (unpaired) electrons. The second-order valence-corrected chi connectivity index (χ2v) is 4.49. The number of hydrogen-bond acceptors (Lipinski definition) is 4. The van der Waals surface area contributed by atoms with E-state index in [1.165, 1.54) is 12.2 Å². The SMILES string of the molecule is O=C(/C=C/C(=O)NCc1cccnc1)NCc1cccnc1. The van der Waals surface area contributed by atoms with E-state index in [1.807, 2.05) is 12.1 Å². The lowest BCUT2D eigenvalue weighted by Gasteiger charge is -2.02. The van der Waals surface area contributed by atoms with Gasteiger partial charge in [-0.2, -0.15) is 0 Å². The van der Waals surface area contributed by atoms with Crippen molar-refractivity contribution < 1.29 is 9.59 Å². The monoisotopic (exact) mass is 296 g/mol. The van der Waals surface area contributed by atoms with Crippen molar-refractivity contribution in [3.8, 4) is 0 Å². The highest BCUT2D eigenvalue weighted by Gasteiger charge is 2.00. The Kier molecular flexibility index (Phi) is 5.80. The average Bonchev–Trinajstić information content (AvgIpc) is 2.58. The summed E-state index contributed by atoms with van der Waals surface area (Å²) in [5.41, 5.74) is 1.79. The number of rotatable bonds is 6. The first-order valence-corrected chi connectivity index (χ1v) is 6.75. The number of aromatic nitrogens is 2. The van der Waals surface area contributed by atoms with Crippen LogP contribution in [0.3, 0.4) is 0 Å². The molecule has 2 rings (SSSR count). The number of pyridine rings is 2. The number of carbonyl (C=O) groups is 2.